The lowest BCUT2D eigenvalue weighted by Gasteiger charge is -2.28. The van der Waals surface area contributed by atoms with Gasteiger partial charge in [-0.05, 0) is 42.7 Å². The SMILES string of the molecule is O=C1CN(c2ccc(CNC(=O)c3cc4ccccc4nc3N3CCCC3)cc2)CCN1. The third kappa shape index (κ3) is 4.23. The highest BCUT2D eigenvalue weighted by molar-refractivity contribution is 6.02. The molecular formula is C25H27N5O2. The number of amides is 2. The Bertz CT molecular complexity index is 1140. The van der Waals surface area contributed by atoms with Gasteiger partial charge in [-0.25, -0.2) is 4.98 Å². The summed E-state index contributed by atoms with van der Waals surface area (Å²) in [4.78, 5) is 33.9. The number of anilines is 2. The van der Waals surface area contributed by atoms with Gasteiger partial charge in [0.2, 0.25) is 5.91 Å². The zero-order valence-corrected chi connectivity index (χ0v) is 18.0. The minimum absolute atomic E-state index is 0.0467. The van der Waals surface area contributed by atoms with Gasteiger partial charge in [-0.2, -0.15) is 0 Å². The van der Waals surface area contributed by atoms with Gasteiger partial charge in [-0.1, -0.05) is 30.3 Å². The van der Waals surface area contributed by atoms with Crippen LogP contribution in [-0.2, 0) is 11.3 Å². The summed E-state index contributed by atoms with van der Waals surface area (Å²) in [5.74, 6) is 0.713. The third-order valence-corrected chi connectivity index (χ3v) is 6.15. The molecule has 2 fully saturated rings. The molecule has 0 bridgehead atoms. The Morgan fingerprint density at radius 3 is 2.56 bits per heavy atom. The lowest BCUT2D eigenvalue weighted by Crippen LogP contribution is -2.47. The second-order valence-electron chi connectivity index (χ2n) is 8.37. The maximum absolute atomic E-state index is 13.2. The number of fused-ring (bicyclic) bond motifs is 1. The van der Waals surface area contributed by atoms with E-state index in [1.54, 1.807) is 0 Å². The molecule has 0 aliphatic carbocycles. The Balaban J connectivity index is 1.31. The van der Waals surface area contributed by atoms with Gasteiger partial charge in [0.25, 0.3) is 5.91 Å². The second-order valence-corrected chi connectivity index (χ2v) is 8.37. The number of para-hydroxylation sites is 1. The average Bonchev–Trinajstić information content (AvgIpc) is 3.37. The van der Waals surface area contributed by atoms with E-state index in [1.807, 2.05) is 54.6 Å². The van der Waals surface area contributed by atoms with Crippen molar-refractivity contribution >= 4 is 34.2 Å². The van der Waals surface area contributed by atoms with Gasteiger partial charge in [0.05, 0.1) is 17.6 Å². The van der Waals surface area contributed by atoms with Crippen molar-refractivity contribution in [2.24, 2.45) is 0 Å². The van der Waals surface area contributed by atoms with Crippen molar-refractivity contribution in [1.82, 2.24) is 15.6 Å². The summed E-state index contributed by atoms with van der Waals surface area (Å²) >= 11 is 0. The Labute approximate surface area is 187 Å². The predicted molar refractivity (Wildman–Crippen MR) is 126 cm³/mol. The van der Waals surface area contributed by atoms with Crippen molar-refractivity contribution in [3.05, 3.63) is 65.7 Å². The molecule has 0 spiro atoms. The van der Waals surface area contributed by atoms with Crippen molar-refractivity contribution in [2.75, 3.05) is 42.5 Å². The van der Waals surface area contributed by atoms with Gasteiger partial charge in [-0.3, -0.25) is 9.59 Å². The van der Waals surface area contributed by atoms with Crippen LogP contribution in [0.1, 0.15) is 28.8 Å². The van der Waals surface area contributed by atoms with E-state index in [-0.39, 0.29) is 11.8 Å². The molecule has 0 unspecified atom stereocenters. The van der Waals surface area contributed by atoms with Crippen LogP contribution in [0.15, 0.2) is 54.6 Å². The van der Waals surface area contributed by atoms with Crippen molar-refractivity contribution in [2.45, 2.75) is 19.4 Å². The molecule has 2 amide bonds. The molecule has 7 nitrogen and oxygen atoms in total. The summed E-state index contributed by atoms with van der Waals surface area (Å²) in [6.45, 7) is 4.14. The molecule has 2 N–H and O–H groups in total. The molecule has 3 heterocycles. The van der Waals surface area contributed by atoms with Gasteiger partial charge in [0.15, 0.2) is 0 Å². The molecule has 7 heteroatoms. The van der Waals surface area contributed by atoms with Gasteiger partial charge in [0, 0.05) is 43.8 Å². The Kier molecular flexibility index (Phi) is 5.62. The number of nitrogens with one attached hydrogen (secondary N) is 2. The molecule has 0 saturated carbocycles. The molecule has 2 aliphatic rings. The number of nitrogens with zero attached hydrogens (tertiary/aromatic N) is 3. The van der Waals surface area contributed by atoms with Crippen molar-refractivity contribution in [3.8, 4) is 0 Å². The first kappa shape index (κ1) is 20.3. The van der Waals surface area contributed by atoms with Crippen LogP contribution >= 0.6 is 0 Å². The number of carbonyl (C=O) groups excluding carboxylic acids is 2. The van der Waals surface area contributed by atoms with Crippen molar-refractivity contribution in [3.63, 3.8) is 0 Å². The fourth-order valence-electron chi connectivity index (χ4n) is 4.40. The summed E-state index contributed by atoms with van der Waals surface area (Å²) in [5, 5.41) is 6.88. The Morgan fingerprint density at radius 1 is 1.00 bits per heavy atom. The highest BCUT2D eigenvalue weighted by atomic mass is 16.2. The zero-order chi connectivity index (χ0) is 21.9. The number of aromatic nitrogens is 1. The normalized spacial score (nSPS) is 16.3. The number of hydrogen-bond acceptors (Lipinski definition) is 5. The number of rotatable bonds is 5. The summed E-state index contributed by atoms with van der Waals surface area (Å²) in [6.07, 6.45) is 2.25. The molecule has 3 aromatic rings. The van der Waals surface area contributed by atoms with Crippen LogP contribution in [0.5, 0.6) is 0 Å². The molecule has 164 valence electrons. The van der Waals surface area contributed by atoms with E-state index in [0.29, 0.717) is 25.2 Å². The van der Waals surface area contributed by atoms with E-state index in [1.165, 1.54) is 0 Å². The predicted octanol–water partition coefficient (Wildman–Crippen LogP) is 2.70. The highest BCUT2D eigenvalue weighted by Crippen LogP contribution is 2.26. The zero-order valence-electron chi connectivity index (χ0n) is 18.0. The van der Waals surface area contributed by atoms with E-state index >= 15 is 0 Å². The molecule has 2 saturated heterocycles. The smallest absolute Gasteiger partial charge is 0.255 e. The Hall–Kier alpha value is -3.61. The fourth-order valence-corrected chi connectivity index (χ4v) is 4.40. The van der Waals surface area contributed by atoms with E-state index < -0.39 is 0 Å². The van der Waals surface area contributed by atoms with Crippen LogP contribution in [0.25, 0.3) is 10.9 Å². The molecule has 2 aromatic carbocycles. The quantitative estimate of drug-likeness (QED) is 0.652. The van der Waals surface area contributed by atoms with E-state index in [4.69, 9.17) is 4.98 Å². The summed E-state index contributed by atoms with van der Waals surface area (Å²) < 4.78 is 0. The maximum atomic E-state index is 13.2. The van der Waals surface area contributed by atoms with E-state index in [0.717, 1.165) is 60.4 Å². The monoisotopic (exact) mass is 429 g/mol. The lowest BCUT2D eigenvalue weighted by atomic mass is 10.1. The lowest BCUT2D eigenvalue weighted by molar-refractivity contribution is -0.120. The molecule has 5 rings (SSSR count). The van der Waals surface area contributed by atoms with Gasteiger partial charge < -0.3 is 20.4 Å². The maximum Gasteiger partial charge on any atom is 0.255 e. The molecule has 2 aliphatic heterocycles. The fraction of sp³-hybridized carbons (Fsp3) is 0.320. The number of hydrogen-bond donors (Lipinski definition) is 2. The largest absolute Gasteiger partial charge is 0.360 e. The standard InChI is InChI=1S/C25H27N5O2/c31-23-17-30(14-11-26-23)20-9-7-18(8-10-20)16-27-25(32)21-15-19-5-1-2-6-22(19)28-24(21)29-12-3-4-13-29/h1-2,5-10,15H,3-4,11-14,16-17H2,(H,26,31)(H,27,32). The van der Waals surface area contributed by atoms with Crippen molar-refractivity contribution in [1.29, 1.82) is 0 Å². The highest BCUT2D eigenvalue weighted by Gasteiger charge is 2.22. The molecule has 0 atom stereocenters. The van der Waals surface area contributed by atoms with Crippen LogP contribution in [0.3, 0.4) is 0 Å². The first-order chi connectivity index (χ1) is 15.7. The number of pyridine rings is 1. The summed E-state index contributed by atoms with van der Waals surface area (Å²) in [6, 6.07) is 17.9. The van der Waals surface area contributed by atoms with E-state index in [9.17, 15) is 9.59 Å². The van der Waals surface area contributed by atoms with Crippen LogP contribution in [0.4, 0.5) is 11.5 Å². The van der Waals surface area contributed by atoms with Crippen LogP contribution < -0.4 is 20.4 Å². The Morgan fingerprint density at radius 2 is 1.78 bits per heavy atom. The molecular weight excluding hydrogens is 402 g/mol. The second kappa shape index (κ2) is 8.86. The summed E-state index contributed by atoms with van der Waals surface area (Å²) in [5.41, 5.74) is 3.57. The van der Waals surface area contributed by atoms with Gasteiger partial charge in [0.1, 0.15) is 5.82 Å². The number of piperazine rings is 1. The minimum Gasteiger partial charge on any atom is -0.360 e. The molecule has 32 heavy (non-hydrogen) atoms. The number of benzene rings is 2. The van der Waals surface area contributed by atoms with Crippen molar-refractivity contribution < 1.29 is 9.59 Å². The van der Waals surface area contributed by atoms with Crippen LogP contribution in [0.2, 0.25) is 0 Å². The van der Waals surface area contributed by atoms with E-state index in [2.05, 4.69) is 20.4 Å². The first-order valence-electron chi connectivity index (χ1n) is 11.2. The van der Waals surface area contributed by atoms with Gasteiger partial charge >= 0.3 is 0 Å². The summed E-state index contributed by atoms with van der Waals surface area (Å²) in [7, 11) is 0. The average molecular weight is 430 g/mol. The first-order valence-corrected chi connectivity index (χ1v) is 11.2. The minimum atomic E-state index is -0.109. The van der Waals surface area contributed by atoms with Crippen LogP contribution in [0, 0.1) is 0 Å². The molecule has 1 aromatic heterocycles. The van der Waals surface area contributed by atoms with Gasteiger partial charge in [-0.15, -0.1) is 0 Å². The number of carbonyl (C=O) groups is 2. The molecule has 0 radical (unpaired) electrons. The third-order valence-electron chi connectivity index (χ3n) is 6.15. The topological polar surface area (TPSA) is 77.6 Å². The van der Waals surface area contributed by atoms with Crippen LogP contribution in [-0.4, -0.2) is 49.5 Å².